The van der Waals surface area contributed by atoms with Crippen molar-refractivity contribution < 1.29 is 9.53 Å². The van der Waals surface area contributed by atoms with Crippen molar-refractivity contribution in [1.82, 2.24) is 0 Å². The summed E-state index contributed by atoms with van der Waals surface area (Å²) in [6.07, 6.45) is 0.666. The second-order valence-corrected chi connectivity index (χ2v) is 4.01. The predicted octanol–water partition coefficient (Wildman–Crippen LogP) is 2.56. The molecule has 0 radical (unpaired) electrons. The number of alkyl halides is 1. The van der Waals surface area contributed by atoms with Gasteiger partial charge in [-0.05, 0) is 18.9 Å². The van der Waals surface area contributed by atoms with Gasteiger partial charge < -0.3 is 4.74 Å². The summed E-state index contributed by atoms with van der Waals surface area (Å²) >= 11 is 3.31. The van der Waals surface area contributed by atoms with Crippen molar-refractivity contribution in [2.24, 2.45) is 0 Å². The van der Waals surface area contributed by atoms with E-state index in [9.17, 15) is 4.79 Å². The van der Waals surface area contributed by atoms with Crippen molar-refractivity contribution >= 4 is 21.9 Å². The SMILES string of the molecule is CCOC(=O)[C@@H](Br)Cc1ccccc1. The highest BCUT2D eigenvalue weighted by Crippen LogP contribution is 2.11. The normalized spacial score (nSPS) is 12.1. The number of benzene rings is 1. The Bertz CT molecular complexity index is 285. The van der Waals surface area contributed by atoms with Gasteiger partial charge >= 0.3 is 5.97 Å². The topological polar surface area (TPSA) is 26.3 Å². The molecule has 0 unspecified atom stereocenters. The molecule has 0 bridgehead atoms. The lowest BCUT2D eigenvalue weighted by atomic mass is 10.1. The summed E-state index contributed by atoms with van der Waals surface area (Å²) in [5.41, 5.74) is 1.13. The smallest absolute Gasteiger partial charge is 0.320 e. The molecule has 1 aromatic rings. The van der Waals surface area contributed by atoms with Crippen LogP contribution in [0.3, 0.4) is 0 Å². The molecule has 1 atom stereocenters. The van der Waals surface area contributed by atoms with Gasteiger partial charge in [0.25, 0.3) is 0 Å². The molecule has 0 aromatic heterocycles. The van der Waals surface area contributed by atoms with Crippen LogP contribution < -0.4 is 0 Å². The molecular weight excluding hydrogens is 244 g/mol. The maximum atomic E-state index is 11.3. The van der Waals surface area contributed by atoms with Gasteiger partial charge in [-0.15, -0.1) is 0 Å². The van der Waals surface area contributed by atoms with Crippen molar-refractivity contribution in [3.8, 4) is 0 Å². The van der Waals surface area contributed by atoms with Crippen molar-refractivity contribution in [3.63, 3.8) is 0 Å². The lowest BCUT2D eigenvalue weighted by Crippen LogP contribution is -2.19. The molecule has 2 nitrogen and oxygen atoms in total. The Kier molecular flexibility index (Phi) is 4.66. The quantitative estimate of drug-likeness (QED) is 0.612. The zero-order valence-electron chi connectivity index (χ0n) is 8.07. The standard InChI is InChI=1S/C11H13BrO2/c1-2-14-11(13)10(12)8-9-6-4-3-5-7-9/h3-7,10H,2,8H2,1H3/t10-/m0/s1. The molecule has 76 valence electrons. The van der Waals surface area contributed by atoms with Crippen LogP contribution in [0, 0.1) is 0 Å². The van der Waals surface area contributed by atoms with Crippen LogP contribution in [0.1, 0.15) is 12.5 Å². The maximum absolute atomic E-state index is 11.3. The number of hydrogen-bond acceptors (Lipinski definition) is 2. The first kappa shape index (κ1) is 11.2. The van der Waals surface area contributed by atoms with E-state index in [1.807, 2.05) is 30.3 Å². The largest absolute Gasteiger partial charge is 0.465 e. The summed E-state index contributed by atoms with van der Waals surface area (Å²) in [5, 5.41) is 0. The van der Waals surface area contributed by atoms with Crippen LogP contribution in [0.15, 0.2) is 30.3 Å². The molecule has 0 heterocycles. The van der Waals surface area contributed by atoms with E-state index in [4.69, 9.17) is 4.74 Å². The fourth-order valence-corrected chi connectivity index (χ4v) is 1.64. The molecule has 14 heavy (non-hydrogen) atoms. The molecule has 1 aromatic carbocycles. The van der Waals surface area contributed by atoms with Crippen molar-refractivity contribution in [2.45, 2.75) is 18.2 Å². The third kappa shape index (κ3) is 3.50. The van der Waals surface area contributed by atoms with E-state index >= 15 is 0 Å². The molecule has 0 N–H and O–H groups in total. The minimum absolute atomic E-state index is 0.198. The molecule has 3 heteroatoms. The van der Waals surface area contributed by atoms with Gasteiger partial charge in [0.15, 0.2) is 0 Å². The van der Waals surface area contributed by atoms with E-state index in [0.717, 1.165) is 5.56 Å². The van der Waals surface area contributed by atoms with Crippen LogP contribution in [0.2, 0.25) is 0 Å². The minimum Gasteiger partial charge on any atom is -0.465 e. The third-order valence-electron chi connectivity index (χ3n) is 1.80. The van der Waals surface area contributed by atoms with Gasteiger partial charge in [0.2, 0.25) is 0 Å². The Morgan fingerprint density at radius 1 is 1.43 bits per heavy atom. The lowest BCUT2D eigenvalue weighted by molar-refractivity contribution is -0.142. The van der Waals surface area contributed by atoms with Gasteiger partial charge in [-0.2, -0.15) is 0 Å². The van der Waals surface area contributed by atoms with Crippen molar-refractivity contribution in [2.75, 3.05) is 6.61 Å². The first-order chi connectivity index (χ1) is 6.74. The monoisotopic (exact) mass is 256 g/mol. The first-order valence-electron chi connectivity index (χ1n) is 4.58. The molecule has 0 aliphatic rings. The van der Waals surface area contributed by atoms with E-state index in [2.05, 4.69) is 15.9 Å². The van der Waals surface area contributed by atoms with Crippen LogP contribution in [-0.2, 0) is 16.0 Å². The number of hydrogen-bond donors (Lipinski definition) is 0. The number of carbonyl (C=O) groups excluding carboxylic acids is 1. The summed E-state index contributed by atoms with van der Waals surface area (Å²) in [4.78, 5) is 11.0. The summed E-state index contributed by atoms with van der Waals surface area (Å²) in [6.45, 7) is 2.23. The molecular formula is C11H13BrO2. The molecule has 0 spiro atoms. The van der Waals surface area contributed by atoms with Crippen LogP contribution in [0.25, 0.3) is 0 Å². The number of ether oxygens (including phenoxy) is 1. The van der Waals surface area contributed by atoms with E-state index in [1.165, 1.54) is 0 Å². The summed E-state index contributed by atoms with van der Waals surface area (Å²) < 4.78 is 4.89. The van der Waals surface area contributed by atoms with Gasteiger partial charge in [-0.25, -0.2) is 0 Å². The Balaban J connectivity index is 2.49. The third-order valence-corrected chi connectivity index (χ3v) is 2.50. The summed E-state index contributed by atoms with van der Waals surface area (Å²) in [6, 6.07) is 9.86. The number of rotatable bonds is 4. The van der Waals surface area contributed by atoms with Gasteiger partial charge in [0, 0.05) is 0 Å². The summed E-state index contributed by atoms with van der Waals surface area (Å²) in [5.74, 6) is -0.198. The fourth-order valence-electron chi connectivity index (χ4n) is 1.14. The van der Waals surface area contributed by atoms with E-state index in [0.29, 0.717) is 13.0 Å². The van der Waals surface area contributed by atoms with Gasteiger partial charge in [-0.1, -0.05) is 46.3 Å². The first-order valence-corrected chi connectivity index (χ1v) is 5.50. The second kappa shape index (κ2) is 5.81. The van der Waals surface area contributed by atoms with E-state index in [-0.39, 0.29) is 10.8 Å². The second-order valence-electron chi connectivity index (χ2n) is 2.91. The highest BCUT2D eigenvalue weighted by molar-refractivity contribution is 9.10. The number of halogens is 1. The highest BCUT2D eigenvalue weighted by atomic mass is 79.9. The zero-order valence-corrected chi connectivity index (χ0v) is 9.66. The Labute approximate surface area is 92.4 Å². The van der Waals surface area contributed by atoms with E-state index < -0.39 is 0 Å². The lowest BCUT2D eigenvalue weighted by Gasteiger charge is -2.08. The maximum Gasteiger partial charge on any atom is 0.320 e. The van der Waals surface area contributed by atoms with Gasteiger partial charge in [-0.3, -0.25) is 4.79 Å². The Morgan fingerprint density at radius 3 is 2.64 bits per heavy atom. The summed E-state index contributed by atoms with van der Waals surface area (Å²) in [7, 11) is 0. The van der Waals surface area contributed by atoms with E-state index in [1.54, 1.807) is 6.92 Å². The fraction of sp³-hybridized carbons (Fsp3) is 0.364. The molecule has 0 aliphatic heterocycles. The van der Waals surface area contributed by atoms with Gasteiger partial charge in [0.05, 0.1) is 6.61 Å². The molecule has 1 rings (SSSR count). The molecule has 0 amide bonds. The van der Waals surface area contributed by atoms with Crippen LogP contribution in [-0.4, -0.2) is 17.4 Å². The highest BCUT2D eigenvalue weighted by Gasteiger charge is 2.15. The Hall–Kier alpha value is -0.830. The average Bonchev–Trinajstić information content (AvgIpc) is 2.19. The minimum atomic E-state index is -0.246. The van der Waals surface area contributed by atoms with Crippen LogP contribution in [0.5, 0.6) is 0 Å². The zero-order chi connectivity index (χ0) is 10.4. The predicted molar refractivity (Wildman–Crippen MR) is 59.5 cm³/mol. The molecule has 0 saturated heterocycles. The molecule has 0 fully saturated rings. The van der Waals surface area contributed by atoms with Crippen molar-refractivity contribution in [3.05, 3.63) is 35.9 Å². The average molecular weight is 257 g/mol. The molecule has 0 aliphatic carbocycles. The Morgan fingerprint density at radius 2 is 2.07 bits per heavy atom. The molecule has 0 saturated carbocycles. The van der Waals surface area contributed by atoms with Crippen LogP contribution in [0.4, 0.5) is 0 Å². The van der Waals surface area contributed by atoms with Gasteiger partial charge in [0.1, 0.15) is 4.83 Å². The van der Waals surface area contributed by atoms with Crippen LogP contribution >= 0.6 is 15.9 Å². The van der Waals surface area contributed by atoms with Crippen molar-refractivity contribution in [1.29, 1.82) is 0 Å². The number of carbonyl (C=O) groups is 1. The number of esters is 1.